The van der Waals surface area contributed by atoms with Crippen LogP contribution in [0.15, 0.2) is 36.7 Å². The van der Waals surface area contributed by atoms with E-state index in [9.17, 15) is 39.6 Å². The van der Waals surface area contributed by atoms with Crippen LogP contribution in [0.2, 0.25) is 0 Å². The zero-order valence-electron chi connectivity index (χ0n) is 18.8. The summed E-state index contributed by atoms with van der Waals surface area (Å²) >= 11 is 0. The molecule has 0 bridgehead atoms. The van der Waals surface area contributed by atoms with Crippen molar-refractivity contribution in [2.24, 2.45) is 0 Å². The van der Waals surface area contributed by atoms with Crippen LogP contribution in [0.3, 0.4) is 0 Å². The lowest BCUT2D eigenvalue weighted by Crippen LogP contribution is -2.39. The average molecular weight is 489 g/mol. The molecule has 5 N–H and O–H groups in total. The molecule has 2 aromatic heterocycles. The first-order valence-electron chi connectivity index (χ1n) is 10.6. The largest absolute Gasteiger partial charge is 0.480 e. The molecular weight excluding hydrogens is 462 g/mol. The number of carboxylic acid groups (broad SMARTS) is 4. The number of nitrogens with zero attached hydrogens (tertiary/aromatic N) is 4. The summed E-state index contributed by atoms with van der Waals surface area (Å²) in [6.07, 6.45) is 2.70. The van der Waals surface area contributed by atoms with Crippen molar-refractivity contribution in [3.05, 3.63) is 59.2 Å². The number of carbonyl (C=O) groups is 4. The van der Waals surface area contributed by atoms with Crippen molar-refractivity contribution >= 4 is 23.9 Å². The highest BCUT2D eigenvalue weighted by atomic mass is 16.4. The summed E-state index contributed by atoms with van der Waals surface area (Å²) in [4.78, 5) is 56.0. The lowest BCUT2D eigenvalue weighted by Gasteiger charge is -2.23. The smallest absolute Gasteiger partial charge is 0.354 e. The average Bonchev–Trinajstić information content (AvgIpc) is 2.78. The third kappa shape index (κ3) is 9.44. The van der Waals surface area contributed by atoms with E-state index in [1.807, 2.05) is 0 Å². The van der Waals surface area contributed by atoms with Crippen LogP contribution in [-0.4, -0.2) is 103 Å². The fraction of sp³-hybridized carbons (Fsp3) is 0.364. The van der Waals surface area contributed by atoms with Crippen molar-refractivity contribution in [1.82, 2.24) is 25.1 Å². The molecule has 0 spiro atoms. The third-order valence-corrected chi connectivity index (χ3v) is 4.90. The zero-order valence-corrected chi connectivity index (χ0v) is 18.8. The van der Waals surface area contributed by atoms with Crippen LogP contribution in [0.1, 0.15) is 32.1 Å². The van der Waals surface area contributed by atoms with Crippen LogP contribution in [0.4, 0.5) is 0 Å². The van der Waals surface area contributed by atoms with Crippen LogP contribution >= 0.6 is 0 Å². The molecule has 2 aromatic rings. The van der Waals surface area contributed by atoms with Crippen LogP contribution in [0.25, 0.3) is 0 Å². The second-order valence-electron chi connectivity index (χ2n) is 7.59. The van der Waals surface area contributed by atoms with E-state index in [0.717, 1.165) is 0 Å². The second kappa shape index (κ2) is 13.7. The molecule has 0 fully saturated rings. The van der Waals surface area contributed by atoms with Gasteiger partial charge in [0.1, 0.15) is 0 Å². The Kier molecular flexibility index (Phi) is 10.7. The molecular formula is C22H27N5O8. The van der Waals surface area contributed by atoms with E-state index < -0.39 is 23.9 Å². The molecule has 0 saturated carbocycles. The zero-order chi connectivity index (χ0) is 25.8. The molecule has 0 atom stereocenters. The molecule has 0 unspecified atom stereocenters. The molecule has 0 aliphatic carbocycles. The van der Waals surface area contributed by atoms with Gasteiger partial charge in [-0.1, -0.05) is 12.1 Å². The molecule has 188 valence electrons. The number of hydrogen-bond donors (Lipinski definition) is 5. The van der Waals surface area contributed by atoms with Crippen molar-refractivity contribution in [1.29, 1.82) is 0 Å². The summed E-state index contributed by atoms with van der Waals surface area (Å²) in [5.74, 6) is -4.53. The number of hydrogen-bond acceptors (Lipinski definition) is 9. The molecule has 0 saturated heterocycles. The molecule has 0 aliphatic heterocycles. The maximum absolute atomic E-state index is 11.4. The normalized spacial score (nSPS) is 11.0. The van der Waals surface area contributed by atoms with E-state index in [4.69, 9.17) is 0 Å². The molecule has 0 amide bonds. The Morgan fingerprint density at radius 1 is 0.714 bits per heavy atom. The topological polar surface area (TPSA) is 193 Å². The van der Waals surface area contributed by atoms with E-state index in [0.29, 0.717) is 24.2 Å². The summed E-state index contributed by atoms with van der Waals surface area (Å²) in [6, 6.07) is 6.31. The van der Waals surface area contributed by atoms with Crippen LogP contribution in [0, 0.1) is 0 Å². The van der Waals surface area contributed by atoms with Gasteiger partial charge in [-0.05, 0) is 23.3 Å². The van der Waals surface area contributed by atoms with Crippen molar-refractivity contribution in [3.63, 3.8) is 0 Å². The first-order chi connectivity index (χ1) is 16.7. The Morgan fingerprint density at radius 3 is 1.46 bits per heavy atom. The van der Waals surface area contributed by atoms with Crippen LogP contribution in [0.5, 0.6) is 0 Å². The number of aliphatic carboxylic acids is 2. The fourth-order valence-corrected chi connectivity index (χ4v) is 3.41. The number of aromatic carboxylic acids is 2. The van der Waals surface area contributed by atoms with E-state index in [1.54, 1.807) is 34.1 Å². The molecule has 0 aromatic carbocycles. The van der Waals surface area contributed by atoms with Gasteiger partial charge in [-0.3, -0.25) is 19.4 Å². The molecule has 13 nitrogen and oxygen atoms in total. The van der Waals surface area contributed by atoms with Crippen LogP contribution < -0.4 is 5.32 Å². The summed E-state index contributed by atoms with van der Waals surface area (Å²) in [5.41, 5.74) is 0.492. The highest BCUT2D eigenvalue weighted by Crippen LogP contribution is 2.10. The van der Waals surface area contributed by atoms with E-state index >= 15 is 0 Å². The van der Waals surface area contributed by atoms with Gasteiger partial charge in [0.2, 0.25) is 0 Å². The molecule has 35 heavy (non-hydrogen) atoms. The van der Waals surface area contributed by atoms with E-state index in [1.165, 1.54) is 12.4 Å². The summed E-state index contributed by atoms with van der Waals surface area (Å²) in [7, 11) is 0. The lowest BCUT2D eigenvalue weighted by atomic mass is 10.1. The van der Waals surface area contributed by atoms with Gasteiger partial charge in [0.15, 0.2) is 11.4 Å². The van der Waals surface area contributed by atoms with Crippen molar-refractivity contribution in [2.75, 3.05) is 39.3 Å². The molecule has 2 rings (SSSR count). The maximum Gasteiger partial charge on any atom is 0.354 e. The minimum Gasteiger partial charge on any atom is -0.480 e. The van der Waals surface area contributed by atoms with E-state index in [-0.39, 0.29) is 50.7 Å². The first kappa shape index (κ1) is 27.3. The summed E-state index contributed by atoms with van der Waals surface area (Å²) < 4.78 is 0. The predicted octanol–water partition coefficient (Wildman–Crippen LogP) is -0.0640. The SMILES string of the molecule is O=C(O)CN(CCNCCN(CC(=O)O)Cc1cccnc1C(=O)O)Cc1cccnc1C(=O)O. The Balaban J connectivity index is 1.92. The van der Waals surface area contributed by atoms with Crippen molar-refractivity contribution < 1.29 is 39.6 Å². The Hall–Kier alpha value is -3.94. The summed E-state index contributed by atoms with van der Waals surface area (Å²) in [6.45, 7) is 0.810. The minimum absolute atomic E-state index is 0.0769. The van der Waals surface area contributed by atoms with Crippen LogP contribution in [-0.2, 0) is 22.7 Å². The number of nitrogens with one attached hydrogen (secondary N) is 1. The maximum atomic E-state index is 11.4. The molecule has 2 heterocycles. The summed E-state index contributed by atoms with van der Waals surface area (Å²) in [5, 5.41) is 40.1. The number of aromatic nitrogens is 2. The predicted molar refractivity (Wildman–Crippen MR) is 121 cm³/mol. The van der Waals surface area contributed by atoms with Gasteiger partial charge in [0, 0.05) is 51.7 Å². The van der Waals surface area contributed by atoms with Gasteiger partial charge < -0.3 is 25.7 Å². The van der Waals surface area contributed by atoms with Crippen molar-refractivity contribution in [2.45, 2.75) is 13.1 Å². The Bertz CT molecular complexity index is 967. The molecule has 0 aliphatic rings. The monoisotopic (exact) mass is 489 g/mol. The number of pyridine rings is 2. The first-order valence-corrected chi connectivity index (χ1v) is 10.6. The second-order valence-corrected chi connectivity index (χ2v) is 7.59. The van der Waals surface area contributed by atoms with Gasteiger partial charge in [-0.15, -0.1) is 0 Å². The van der Waals surface area contributed by atoms with Gasteiger partial charge >= 0.3 is 23.9 Å². The van der Waals surface area contributed by atoms with Gasteiger partial charge in [-0.25, -0.2) is 19.6 Å². The highest BCUT2D eigenvalue weighted by Gasteiger charge is 2.18. The fourth-order valence-electron chi connectivity index (χ4n) is 3.41. The van der Waals surface area contributed by atoms with E-state index in [2.05, 4.69) is 15.3 Å². The number of rotatable bonds is 16. The number of carboxylic acids is 4. The Labute approximate surface area is 200 Å². The third-order valence-electron chi connectivity index (χ3n) is 4.90. The lowest BCUT2D eigenvalue weighted by molar-refractivity contribution is -0.139. The highest BCUT2D eigenvalue weighted by molar-refractivity contribution is 5.87. The quantitative estimate of drug-likeness (QED) is 0.197. The Morgan fingerprint density at radius 2 is 1.11 bits per heavy atom. The molecule has 13 heteroatoms. The minimum atomic E-state index is -1.20. The van der Waals surface area contributed by atoms with Crippen molar-refractivity contribution in [3.8, 4) is 0 Å². The molecule has 0 radical (unpaired) electrons. The van der Waals surface area contributed by atoms with Gasteiger partial charge in [-0.2, -0.15) is 0 Å². The van der Waals surface area contributed by atoms with Gasteiger partial charge in [0.25, 0.3) is 0 Å². The standard InChI is InChI=1S/C22H27N5O8/c28-17(29)13-26(11-15-3-1-5-24-19(15)21(32)33)9-7-23-8-10-27(14-18(30)31)12-16-4-2-6-25-20(16)22(34)35/h1-6,23H,7-14H2,(H,28,29)(H,30,31)(H,32,33)(H,34,35). The van der Waals surface area contributed by atoms with Gasteiger partial charge in [0.05, 0.1) is 13.1 Å².